The molecule has 0 bridgehead atoms. The number of rotatable bonds is 1. The first-order valence-corrected chi connectivity index (χ1v) is 6.96. The lowest BCUT2D eigenvalue weighted by Gasteiger charge is -2.42. The van der Waals surface area contributed by atoms with Gasteiger partial charge in [-0.1, -0.05) is 19.3 Å². The zero-order valence-corrected chi connectivity index (χ0v) is 11.0. The molecule has 3 rings (SSSR count). The van der Waals surface area contributed by atoms with Crippen LogP contribution in [0.5, 0.6) is 0 Å². The fourth-order valence-electron chi connectivity index (χ4n) is 3.43. The fraction of sp³-hybridized carbons (Fsp3) is 0.533. The Kier molecular flexibility index (Phi) is 3.09. The molecule has 2 heterocycles. The van der Waals surface area contributed by atoms with Crippen LogP contribution in [0.2, 0.25) is 0 Å². The van der Waals surface area contributed by atoms with Crippen LogP contribution in [0.1, 0.15) is 44.9 Å². The molecule has 1 saturated carbocycles. The van der Waals surface area contributed by atoms with Crippen molar-refractivity contribution in [2.75, 3.05) is 4.90 Å². The number of hydrogen-bond acceptors (Lipinski definition) is 3. The van der Waals surface area contributed by atoms with Crippen molar-refractivity contribution in [2.24, 2.45) is 5.41 Å². The Hall–Kier alpha value is -1.71. The third kappa shape index (κ3) is 2.27. The number of piperidine rings is 1. The summed E-state index contributed by atoms with van der Waals surface area (Å²) >= 11 is 0. The van der Waals surface area contributed by atoms with Crippen molar-refractivity contribution in [1.82, 2.24) is 4.98 Å². The zero-order chi connectivity index (χ0) is 13.3. The van der Waals surface area contributed by atoms with Crippen molar-refractivity contribution in [3.63, 3.8) is 0 Å². The summed E-state index contributed by atoms with van der Waals surface area (Å²) in [5.74, 6) is -0.127. The molecule has 2 amide bonds. The minimum absolute atomic E-state index is 0.0505. The van der Waals surface area contributed by atoms with Crippen LogP contribution in [-0.4, -0.2) is 16.8 Å². The summed E-state index contributed by atoms with van der Waals surface area (Å²) in [5, 5.41) is 0. The molecule has 2 aliphatic rings. The highest BCUT2D eigenvalue weighted by atomic mass is 16.2. The van der Waals surface area contributed by atoms with E-state index < -0.39 is 0 Å². The van der Waals surface area contributed by atoms with Gasteiger partial charge in [0.1, 0.15) is 0 Å². The molecular formula is C15H18N2O2. The van der Waals surface area contributed by atoms with Gasteiger partial charge in [0.05, 0.1) is 11.9 Å². The first-order chi connectivity index (χ1) is 9.20. The van der Waals surface area contributed by atoms with Gasteiger partial charge in [-0.05, 0) is 30.4 Å². The van der Waals surface area contributed by atoms with E-state index in [1.807, 2.05) is 0 Å². The van der Waals surface area contributed by atoms with Crippen LogP contribution >= 0.6 is 0 Å². The van der Waals surface area contributed by atoms with Crippen LogP contribution in [0.3, 0.4) is 0 Å². The molecule has 1 saturated heterocycles. The normalized spacial score (nSPS) is 22.8. The van der Waals surface area contributed by atoms with Crippen LogP contribution < -0.4 is 4.90 Å². The van der Waals surface area contributed by atoms with Gasteiger partial charge in [0, 0.05) is 19.0 Å². The Morgan fingerprint density at radius 2 is 1.74 bits per heavy atom. The summed E-state index contributed by atoms with van der Waals surface area (Å²) in [5.41, 5.74) is 0.550. The van der Waals surface area contributed by atoms with Crippen LogP contribution in [0, 0.1) is 5.41 Å². The topological polar surface area (TPSA) is 50.3 Å². The predicted molar refractivity (Wildman–Crippen MR) is 71.5 cm³/mol. The van der Waals surface area contributed by atoms with Crippen molar-refractivity contribution in [2.45, 2.75) is 44.9 Å². The molecular weight excluding hydrogens is 240 g/mol. The summed E-state index contributed by atoms with van der Waals surface area (Å²) < 4.78 is 0. The highest BCUT2D eigenvalue weighted by Gasteiger charge is 2.44. The molecule has 1 aliphatic heterocycles. The fourth-order valence-corrected chi connectivity index (χ4v) is 3.43. The van der Waals surface area contributed by atoms with E-state index in [1.54, 1.807) is 24.5 Å². The Morgan fingerprint density at radius 3 is 2.32 bits per heavy atom. The number of nitrogens with zero attached hydrogens (tertiary/aromatic N) is 2. The average molecular weight is 258 g/mol. The molecule has 4 heteroatoms. The molecule has 19 heavy (non-hydrogen) atoms. The average Bonchev–Trinajstić information content (AvgIpc) is 2.40. The van der Waals surface area contributed by atoms with Crippen molar-refractivity contribution in [1.29, 1.82) is 0 Å². The lowest BCUT2D eigenvalue weighted by Crippen LogP contribution is -2.48. The largest absolute Gasteiger partial charge is 0.274 e. The number of aromatic nitrogens is 1. The van der Waals surface area contributed by atoms with E-state index in [9.17, 15) is 9.59 Å². The maximum Gasteiger partial charge on any atom is 0.234 e. The number of carbonyl (C=O) groups excluding carboxylic acids is 2. The molecule has 0 aromatic carbocycles. The monoisotopic (exact) mass is 258 g/mol. The lowest BCUT2D eigenvalue weighted by atomic mass is 9.67. The Bertz CT molecular complexity index is 472. The number of anilines is 1. The molecule has 1 aromatic rings. The SMILES string of the molecule is O=C1CC2(CCCCC2)CC(=O)N1c1cccnc1. The minimum Gasteiger partial charge on any atom is -0.274 e. The third-order valence-corrected chi connectivity index (χ3v) is 4.37. The number of carbonyl (C=O) groups is 2. The maximum atomic E-state index is 12.4. The van der Waals surface area contributed by atoms with E-state index in [-0.39, 0.29) is 17.2 Å². The van der Waals surface area contributed by atoms with Crippen LogP contribution in [0.15, 0.2) is 24.5 Å². The maximum absolute atomic E-state index is 12.4. The zero-order valence-electron chi connectivity index (χ0n) is 11.0. The van der Waals surface area contributed by atoms with Crippen LogP contribution in [0.4, 0.5) is 5.69 Å². The molecule has 0 atom stereocenters. The molecule has 0 radical (unpaired) electrons. The first-order valence-electron chi connectivity index (χ1n) is 6.96. The van der Waals surface area contributed by atoms with E-state index >= 15 is 0 Å². The molecule has 1 spiro atoms. The second kappa shape index (κ2) is 4.76. The third-order valence-electron chi connectivity index (χ3n) is 4.37. The summed E-state index contributed by atoms with van der Waals surface area (Å²) in [4.78, 5) is 30.0. The summed E-state index contributed by atoms with van der Waals surface area (Å²) in [6, 6.07) is 3.52. The van der Waals surface area contributed by atoms with Crippen molar-refractivity contribution in [3.8, 4) is 0 Å². The molecule has 4 nitrogen and oxygen atoms in total. The van der Waals surface area contributed by atoms with Crippen molar-refractivity contribution in [3.05, 3.63) is 24.5 Å². The van der Waals surface area contributed by atoms with Crippen molar-refractivity contribution >= 4 is 17.5 Å². The standard InChI is InChI=1S/C15H18N2O2/c18-13-9-15(6-2-1-3-7-15)10-14(19)17(13)12-5-4-8-16-11-12/h4-5,8,11H,1-3,6-7,9-10H2. The molecule has 2 fully saturated rings. The van der Waals surface area contributed by atoms with Gasteiger partial charge in [-0.25, -0.2) is 4.90 Å². The van der Waals surface area contributed by atoms with E-state index in [0.29, 0.717) is 18.5 Å². The second-order valence-electron chi connectivity index (χ2n) is 5.75. The molecule has 100 valence electrons. The van der Waals surface area contributed by atoms with Gasteiger partial charge in [-0.3, -0.25) is 14.6 Å². The van der Waals surface area contributed by atoms with Crippen molar-refractivity contribution < 1.29 is 9.59 Å². The van der Waals surface area contributed by atoms with Crippen LogP contribution in [-0.2, 0) is 9.59 Å². The summed E-state index contributed by atoms with van der Waals surface area (Å²) in [7, 11) is 0. The second-order valence-corrected chi connectivity index (χ2v) is 5.75. The van der Waals surface area contributed by atoms with E-state index in [0.717, 1.165) is 25.7 Å². The smallest absolute Gasteiger partial charge is 0.234 e. The minimum atomic E-state index is -0.0637. The quantitative estimate of drug-likeness (QED) is 0.728. The van der Waals surface area contributed by atoms with Gasteiger partial charge in [0.25, 0.3) is 0 Å². The highest BCUT2D eigenvalue weighted by Crippen LogP contribution is 2.45. The Morgan fingerprint density at radius 1 is 1.05 bits per heavy atom. The van der Waals surface area contributed by atoms with E-state index in [4.69, 9.17) is 0 Å². The van der Waals surface area contributed by atoms with E-state index in [2.05, 4.69) is 4.98 Å². The summed E-state index contributed by atoms with van der Waals surface area (Å²) in [6.07, 6.45) is 9.80. The van der Waals surface area contributed by atoms with Gasteiger partial charge in [0.15, 0.2) is 0 Å². The van der Waals surface area contributed by atoms with Gasteiger partial charge in [-0.2, -0.15) is 0 Å². The predicted octanol–water partition coefficient (Wildman–Crippen LogP) is 2.69. The molecule has 1 aliphatic carbocycles. The molecule has 0 N–H and O–H groups in total. The number of hydrogen-bond donors (Lipinski definition) is 0. The first kappa shape index (κ1) is 12.3. The molecule has 1 aromatic heterocycles. The molecule has 0 unspecified atom stereocenters. The lowest BCUT2D eigenvalue weighted by molar-refractivity contribution is -0.134. The van der Waals surface area contributed by atoms with Crippen LogP contribution in [0.25, 0.3) is 0 Å². The van der Waals surface area contributed by atoms with Gasteiger partial charge in [0.2, 0.25) is 11.8 Å². The number of pyridine rings is 1. The Labute approximate surface area is 112 Å². The number of imide groups is 1. The summed E-state index contributed by atoms with van der Waals surface area (Å²) in [6.45, 7) is 0. The van der Waals surface area contributed by atoms with Gasteiger partial charge < -0.3 is 0 Å². The highest BCUT2D eigenvalue weighted by molar-refractivity contribution is 6.16. The van der Waals surface area contributed by atoms with Gasteiger partial charge in [-0.15, -0.1) is 0 Å². The number of amides is 2. The van der Waals surface area contributed by atoms with E-state index in [1.165, 1.54) is 11.3 Å². The Balaban J connectivity index is 1.84. The van der Waals surface area contributed by atoms with Gasteiger partial charge >= 0.3 is 0 Å².